The second-order valence-electron chi connectivity index (χ2n) is 4.56. The molecule has 2 rings (SSSR count). The zero-order valence-electron chi connectivity index (χ0n) is 10.7. The Morgan fingerprint density at radius 2 is 2.12 bits per heavy atom. The maximum absolute atomic E-state index is 5.67. The minimum atomic E-state index is 0.425. The first-order valence-corrected chi connectivity index (χ1v) is 6.43. The molecule has 3 heteroatoms. The maximum Gasteiger partial charge on any atom is 0.110 e. The third-order valence-corrected chi connectivity index (χ3v) is 3.17. The zero-order valence-corrected chi connectivity index (χ0v) is 10.7. The van der Waals surface area contributed by atoms with Crippen molar-refractivity contribution in [3.63, 3.8) is 0 Å². The van der Waals surface area contributed by atoms with Crippen LogP contribution in [0.25, 0.3) is 11.0 Å². The fourth-order valence-corrected chi connectivity index (χ4v) is 2.36. The molecule has 1 heterocycles. The summed E-state index contributed by atoms with van der Waals surface area (Å²) >= 11 is 0. The van der Waals surface area contributed by atoms with Crippen LogP contribution in [-0.4, -0.2) is 16.1 Å². The van der Waals surface area contributed by atoms with Crippen molar-refractivity contribution in [2.24, 2.45) is 5.73 Å². The molecule has 0 aliphatic carbocycles. The van der Waals surface area contributed by atoms with Gasteiger partial charge in [0.05, 0.1) is 11.0 Å². The molecule has 2 N–H and O–H groups in total. The van der Waals surface area contributed by atoms with E-state index < -0.39 is 0 Å². The summed E-state index contributed by atoms with van der Waals surface area (Å²) in [5.74, 6) is 1.19. The molecule has 2 aromatic rings. The molecule has 1 unspecified atom stereocenters. The van der Waals surface area contributed by atoms with E-state index in [-0.39, 0.29) is 0 Å². The molecule has 0 bridgehead atoms. The van der Waals surface area contributed by atoms with Crippen LogP contribution >= 0.6 is 0 Å². The normalized spacial score (nSPS) is 13.1. The fourth-order valence-electron chi connectivity index (χ4n) is 2.36. The van der Waals surface area contributed by atoms with E-state index in [1.165, 1.54) is 11.3 Å². The molecule has 0 amide bonds. The zero-order chi connectivity index (χ0) is 12.3. The van der Waals surface area contributed by atoms with Gasteiger partial charge in [0.1, 0.15) is 5.82 Å². The predicted molar refractivity (Wildman–Crippen MR) is 72.1 cm³/mol. The Labute approximate surface area is 103 Å². The van der Waals surface area contributed by atoms with E-state index in [0.717, 1.165) is 31.3 Å². The van der Waals surface area contributed by atoms with Crippen molar-refractivity contribution in [2.75, 3.05) is 6.54 Å². The number of imidazole rings is 1. The number of benzene rings is 1. The molecule has 17 heavy (non-hydrogen) atoms. The van der Waals surface area contributed by atoms with E-state index in [1.807, 2.05) is 6.07 Å². The highest BCUT2D eigenvalue weighted by atomic mass is 15.1. The van der Waals surface area contributed by atoms with E-state index >= 15 is 0 Å². The van der Waals surface area contributed by atoms with Gasteiger partial charge >= 0.3 is 0 Å². The van der Waals surface area contributed by atoms with Gasteiger partial charge in [-0.2, -0.15) is 0 Å². The van der Waals surface area contributed by atoms with Crippen molar-refractivity contribution in [3.05, 3.63) is 30.1 Å². The Balaban J connectivity index is 2.51. The first kappa shape index (κ1) is 12.1. The van der Waals surface area contributed by atoms with Gasteiger partial charge in [-0.15, -0.1) is 0 Å². The van der Waals surface area contributed by atoms with E-state index in [2.05, 4.69) is 36.6 Å². The van der Waals surface area contributed by atoms with Crippen LogP contribution < -0.4 is 5.73 Å². The second kappa shape index (κ2) is 5.32. The monoisotopic (exact) mass is 231 g/mol. The van der Waals surface area contributed by atoms with Crippen LogP contribution in [0.1, 0.15) is 38.6 Å². The van der Waals surface area contributed by atoms with Crippen molar-refractivity contribution in [3.8, 4) is 0 Å². The highest BCUT2D eigenvalue weighted by Gasteiger charge is 2.14. The van der Waals surface area contributed by atoms with Crippen molar-refractivity contribution >= 4 is 11.0 Å². The molecule has 0 aliphatic heterocycles. The van der Waals surface area contributed by atoms with E-state index in [4.69, 9.17) is 10.7 Å². The summed E-state index contributed by atoms with van der Waals surface area (Å²) in [6, 6.07) is 8.78. The Hall–Kier alpha value is -1.35. The van der Waals surface area contributed by atoms with Gasteiger partial charge in [0.15, 0.2) is 0 Å². The van der Waals surface area contributed by atoms with E-state index in [0.29, 0.717) is 6.04 Å². The first-order valence-electron chi connectivity index (χ1n) is 6.43. The fraction of sp³-hybridized carbons (Fsp3) is 0.500. The summed E-state index contributed by atoms with van der Waals surface area (Å²) in [5, 5.41) is 0. The second-order valence-corrected chi connectivity index (χ2v) is 4.56. The smallest absolute Gasteiger partial charge is 0.110 e. The van der Waals surface area contributed by atoms with Crippen LogP contribution in [0.5, 0.6) is 0 Å². The average molecular weight is 231 g/mol. The molecule has 1 atom stereocenters. The SMILES string of the molecule is CCCc1nc2ccccc2n1C(C)CCN. The quantitative estimate of drug-likeness (QED) is 0.860. The van der Waals surface area contributed by atoms with Gasteiger partial charge in [0, 0.05) is 12.5 Å². The minimum absolute atomic E-state index is 0.425. The van der Waals surface area contributed by atoms with Crippen molar-refractivity contribution in [2.45, 2.75) is 39.2 Å². The first-order chi connectivity index (χ1) is 8.27. The maximum atomic E-state index is 5.67. The summed E-state index contributed by atoms with van der Waals surface area (Å²) in [6.45, 7) is 5.14. The lowest BCUT2D eigenvalue weighted by Crippen LogP contribution is -2.13. The Bertz CT molecular complexity index is 487. The topological polar surface area (TPSA) is 43.8 Å². The molecule has 0 fully saturated rings. The standard InChI is InChI=1S/C14H21N3/c1-3-6-14-16-12-7-4-5-8-13(12)17(14)11(2)9-10-15/h4-5,7-8,11H,3,6,9-10,15H2,1-2H3. The number of nitrogens with zero attached hydrogens (tertiary/aromatic N) is 2. The number of aromatic nitrogens is 2. The molecular weight excluding hydrogens is 210 g/mol. The van der Waals surface area contributed by atoms with Crippen LogP contribution in [0.3, 0.4) is 0 Å². The molecule has 0 saturated heterocycles. The largest absolute Gasteiger partial charge is 0.330 e. The number of fused-ring (bicyclic) bond motifs is 1. The lowest BCUT2D eigenvalue weighted by molar-refractivity contribution is 0.504. The summed E-state index contributed by atoms with van der Waals surface area (Å²) in [6.07, 6.45) is 3.15. The Morgan fingerprint density at radius 3 is 2.82 bits per heavy atom. The summed E-state index contributed by atoms with van der Waals surface area (Å²) in [5.41, 5.74) is 8.00. The number of para-hydroxylation sites is 2. The molecule has 0 saturated carbocycles. The molecule has 0 spiro atoms. The highest BCUT2D eigenvalue weighted by Crippen LogP contribution is 2.23. The van der Waals surface area contributed by atoms with Gasteiger partial charge in [-0.25, -0.2) is 4.98 Å². The number of aryl methyl sites for hydroxylation is 1. The summed E-state index contributed by atoms with van der Waals surface area (Å²) in [7, 11) is 0. The van der Waals surface area contributed by atoms with Crippen LogP contribution in [0.2, 0.25) is 0 Å². The molecular formula is C14H21N3. The summed E-state index contributed by atoms with van der Waals surface area (Å²) in [4.78, 5) is 4.73. The molecule has 92 valence electrons. The predicted octanol–water partition coefficient (Wildman–Crippen LogP) is 2.90. The molecule has 3 nitrogen and oxygen atoms in total. The lowest BCUT2D eigenvalue weighted by atomic mass is 10.2. The van der Waals surface area contributed by atoms with E-state index in [9.17, 15) is 0 Å². The van der Waals surface area contributed by atoms with Gasteiger partial charge in [-0.3, -0.25) is 0 Å². The van der Waals surface area contributed by atoms with Crippen molar-refractivity contribution in [1.82, 2.24) is 9.55 Å². The minimum Gasteiger partial charge on any atom is -0.330 e. The highest BCUT2D eigenvalue weighted by molar-refractivity contribution is 5.76. The van der Waals surface area contributed by atoms with E-state index in [1.54, 1.807) is 0 Å². The molecule has 0 radical (unpaired) electrons. The summed E-state index contributed by atoms with van der Waals surface area (Å²) < 4.78 is 2.35. The van der Waals surface area contributed by atoms with Gasteiger partial charge in [0.2, 0.25) is 0 Å². The van der Waals surface area contributed by atoms with Gasteiger partial charge < -0.3 is 10.3 Å². The van der Waals surface area contributed by atoms with Crippen LogP contribution in [0.15, 0.2) is 24.3 Å². The van der Waals surface area contributed by atoms with Crippen LogP contribution in [0.4, 0.5) is 0 Å². The number of nitrogens with two attached hydrogens (primary N) is 1. The van der Waals surface area contributed by atoms with Crippen LogP contribution in [-0.2, 0) is 6.42 Å². The molecule has 1 aromatic heterocycles. The van der Waals surface area contributed by atoms with Gasteiger partial charge in [0.25, 0.3) is 0 Å². The average Bonchev–Trinajstić information content (AvgIpc) is 2.67. The lowest BCUT2D eigenvalue weighted by Gasteiger charge is -2.16. The van der Waals surface area contributed by atoms with Gasteiger partial charge in [-0.05, 0) is 38.4 Å². The molecule has 1 aromatic carbocycles. The Morgan fingerprint density at radius 1 is 1.35 bits per heavy atom. The van der Waals surface area contributed by atoms with Crippen LogP contribution in [0, 0.1) is 0 Å². The Kier molecular flexibility index (Phi) is 3.79. The number of hydrogen-bond donors (Lipinski definition) is 1. The third-order valence-electron chi connectivity index (χ3n) is 3.17. The molecule has 0 aliphatic rings. The van der Waals surface area contributed by atoms with Crippen molar-refractivity contribution in [1.29, 1.82) is 0 Å². The number of rotatable bonds is 5. The third kappa shape index (κ3) is 2.34. The van der Waals surface area contributed by atoms with Crippen molar-refractivity contribution < 1.29 is 0 Å². The number of hydrogen-bond acceptors (Lipinski definition) is 2. The van der Waals surface area contributed by atoms with Gasteiger partial charge in [-0.1, -0.05) is 19.1 Å².